The molecular formula is C20H18N4O5S2. The van der Waals surface area contributed by atoms with Crippen LogP contribution in [0.25, 0.3) is 0 Å². The quantitative estimate of drug-likeness (QED) is 0.318. The van der Waals surface area contributed by atoms with E-state index >= 15 is 0 Å². The summed E-state index contributed by atoms with van der Waals surface area (Å²) in [5.41, 5.74) is 2.88. The normalized spacial score (nSPS) is 12.1. The predicted octanol–water partition coefficient (Wildman–Crippen LogP) is 3.88. The Kier molecular flexibility index (Phi) is 6.37. The lowest BCUT2D eigenvalue weighted by atomic mass is 10.1. The van der Waals surface area contributed by atoms with E-state index < -0.39 is 21.2 Å². The van der Waals surface area contributed by atoms with Gasteiger partial charge in [0.15, 0.2) is 16.9 Å². The van der Waals surface area contributed by atoms with Gasteiger partial charge in [0.2, 0.25) is 0 Å². The van der Waals surface area contributed by atoms with Crippen LogP contribution in [0.3, 0.4) is 0 Å². The van der Waals surface area contributed by atoms with E-state index in [0.29, 0.717) is 28.3 Å². The predicted molar refractivity (Wildman–Crippen MR) is 117 cm³/mol. The van der Waals surface area contributed by atoms with Crippen LogP contribution in [0.5, 0.6) is 0 Å². The zero-order chi connectivity index (χ0) is 22.8. The van der Waals surface area contributed by atoms with Gasteiger partial charge in [0.05, 0.1) is 15.4 Å². The second kappa shape index (κ2) is 8.83. The van der Waals surface area contributed by atoms with E-state index in [-0.39, 0.29) is 15.6 Å². The standard InChI is InChI=1S/C20H18N4O5S2/c1-12-13(2)19(22-14-3-7-16(8-4-14)30(25)26)24-20(18(12)11-21)23-15-5-9-17(10-6-15)31(27,28)29/h3-10H,1-2H3,(H,25,26)(H2,22,23,24)(H,27,28,29). The number of hydrogen-bond acceptors (Lipinski definition) is 7. The second-order valence-electron chi connectivity index (χ2n) is 6.57. The number of nitriles is 1. The maximum Gasteiger partial charge on any atom is 0.294 e. The molecule has 0 amide bonds. The van der Waals surface area contributed by atoms with Gasteiger partial charge >= 0.3 is 0 Å². The van der Waals surface area contributed by atoms with Crippen LogP contribution < -0.4 is 10.6 Å². The Labute approximate surface area is 181 Å². The molecule has 1 atom stereocenters. The van der Waals surface area contributed by atoms with Crippen LogP contribution in [0, 0.1) is 25.2 Å². The highest BCUT2D eigenvalue weighted by Gasteiger charge is 2.16. The van der Waals surface area contributed by atoms with Gasteiger partial charge in [-0.05, 0) is 73.5 Å². The number of anilines is 4. The van der Waals surface area contributed by atoms with Crippen LogP contribution in [-0.4, -0.2) is 26.7 Å². The average molecular weight is 459 g/mol. The maximum atomic E-state index is 11.2. The van der Waals surface area contributed by atoms with Crippen LogP contribution in [0.2, 0.25) is 0 Å². The monoisotopic (exact) mass is 458 g/mol. The van der Waals surface area contributed by atoms with Crippen LogP contribution >= 0.6 is 0 Å². The number of benzene rings is 2. The van der Waals surface area contributed by atoms with Crippen LogP contribution in [-0.2, 0) is 21.2 Å². The highest BCUT2D eigenvalue weighted by atomic mass is 32.2. The molecule has 2 aromatic carbocycles. The number of aromatic nitrogens is 1. The van der Waals surface area contributed by atoms with Crippen LogP contribution in [0.15, 0.2) is 58.3 Å². The first-order valence-corrected chi connectivity index (χ1v) is 11.4. The van der Waals surface area contributed by atoms with Gasteiger partial charge in [0.25, 0.3) is 10.1 Å². The molecule has 3 rings (SSSR count). The van der Waals surface area contributed by atoms with Crippen molar-refractivity contribution in [1.82, 2.24) is 4.98 Å². The van der Waals surface area contributed by atoms with Crippen molar-refractivity contribution < 1.29 is 21.7 Å². The second-order valence-corrected chi connectivity index (χ2v) is 8.96. The summed E-state index contributed by atoms with van der Waals surface area (Å²) in [6.07, 6.45) is 0. The Morgan fingerprint density at radius 2 is 1.45 bits per heavy atom. The molecule has 1 heterocycles. The summed E-state index contributed by atoms with van der Waals surface area (Å²) in [7, 11) is -4.31. The Hall–Kier alpha value is -3.30. The summed E-state index contributed by atoms with van der Waals surface area (Å²) in [5.74, 6) is 0.743. The fraction of sp³-hybridized carbons (Fsp3) is 0.100. The van der Waals surface area contributed by atoms with E-state index in [2.05, 4.69) is 21.7 Å². The van der Waals surface area contributed by atoms with Gasteiger partial charge in [-0.3, -0.25) is 4.55 Å². The van der Waals surface area contributed by atoms with E-state index in [0.717, 1.165) is 5.56 Å². The van der Waals surface area contributed by atoms with Crippen molar-refractivity contribution >= 4 is 44.2 Å². The minimum atomic E-state index is -4.31. The van der Waals surface area contributed by atoms with E-state index in [1.54, 1.807) is 19.1 Å². The molecule has 0 aliphatic rings. The third-order valence-corrected chi connectivity index (χ3v) is 6.14. The Balaban J connectivity index is 1.96. The van der Waals surface area contributed by atoms with Crippen LogP contribution in [0.1, 0.15) is 16.7 Å². The SMILES string of the molecule is Cc1c(Nc2ccc(S(=O)O)cc2)nc(Nc2ccc(S(=O)(=O)O)cc2)c(C#N)c1C. The smallest absolute Gasteiger partial charge is 0.294 e. The fourth-order valence-corrected chi connectivity index (χ4v) is 3.63. The van der Waals surface area contributed by atoms with Gasteiger partial charge in [-0.1, -0.05) is 0 Å². The molecule has 0 spiro atoms. The van der Waals surface area contributed by atoms with Gasteiger partial charge in [-0.15, -0.1) is 0 Å². The Morgan fingerprint density at radius 1 is 0.935 bits per heavy atom. The Bertz CT molecular complexity index is 1300. The summed E-state index contributed by atoms with van der Waals surface area (Å²) < 4.78 is 51.8. The molecule has 1 unspecified atom stereocenters. The Morgan fingerprint density at radius 3 is 1.94 bits per heavy atom. The number of nitrogens with one attached hydrogen (secondary N) is 2. The molecule has 1 aromatic heterocycles. The molecule has 9 nitrogen and oxygen atoms in total. The van der Waals surface area contributed by atoms with E-state index in [9.17, 15) is 17.9 Å². The molecule has 4 N–H and O–H groups in total. The van der Waals surface area contributed by atoms with Crippen molar-refractivity contribution in [2.24, 2.45) is 0 Å². The number of hydrogen-bond donors (Lipinski definition) is 4. The van der Waals surface area contributed by atoms with Crippen molar-refractivity contribution in [2.75, 3.05) is 10.6 Å². The number of rotatable bonds is 6. The minimum Gasteiger partial charge on any atom is -0.340 e. The molecule has 11 heteroatoms. The van der Waals surface area contributed by atoms with Gasteiger partial charge in [-0.2, -0.15) is 13.7 Å². The lowest BCUT2D eigenvalue weighted by Gasteiger charge is -2.16. The summed E-state index contributed by atoms with van der Waals surface area (Å²) >= 11 is -2.07. The van der Waals surface area contributed by atoms with Crippen molar-refractivity contribution in [3.63, 3.8) is 0 Å². The zero-order valence-corrected chi connectivity index (χ0v) is 18.1. The first-order chi connectivity index (χ1) is 14.6. The van der Waals surface area contributed by atoms with Crippen molar-refractivity contribution in [3.05, 3.63) is 65.2 Å². The molecule has 0 aliphatic heterocycles. The highest BCUT2D eigenvalue weighted by Crippen LogP contribution is 2.30. The third-order valence-electron chi connectivity index (χ3n) is 4.60. The minimum absolute atomic E-state index is 0.249. The molecule has 31 heavy (non-hydrogen) atoms. The molecule has 0 bridgehead atoms. The van der Waals surface area contributed by atoms with E-state index in [1.165, 1.54) is 36.4 Å². The average Bonchev–Trinajstić information content (AvgIpc) is 2.72. The topological polar surface area (TPSA) is 152 Å². The molecule has 0 saturated carbocycles. The first-order valence-electron chi connectivity index (χ1n) is 8.84. The number of pyridine rings is 1. The van der Waals surface area contributed by atoms with Crippen molar-refractivity contribution in [1.29, 1.82) is 5.26 Å². The molecular weight excluding hydrogens is 440 g/mol. The summed E-state index contributed by atoms with van der Waals surface area (Å²) in [5, 5.41) is 15.7. The lowest BCUT2D eigenvalue weighted by molar-refractivity contribution is 0.483. The highest BCUT2D eigenvalue weighted by molar-refractivity contribution is 7.85. The molecule has 0 fully saturated rings. The zero-order valence-electron chi connectivity index (χ0n) is 16.4. The molecule has 0 radical (unpaired) electrons. The summed E-state index contributed by atoms with van der Waals surface area (Å²) in [6.45, 7) is 3.60. The van der Waals surface area contributed by atoms with E-state index in [4.69, 9.17) is 9.11 Å². The maximum absolute atomic E-state index is 11.2. The molecule has 0 saturated heterocycles. The van der Waals surface area contributed by atoms with Crippen molar-refractivity contribution in [2.45, 2.75) is 23.6 Å². The van der Waals surface area contributed by atoms with E-state index in [1.807, 2.05) is 6.92 Å². The van der Waals surface area contributed by atoms with Gasteiger partial charge in [0.1, 0.15) is 11.9 Å². The molecule has 0 aliphatic carbocycles. The van der Waals surface area contributed by atoms with Crippen LogP contribution in [0.4, 0.5) is 23.0 Å². The van der Waals surface area contributed by atoms with Crippen molar-refractivity contribution in [3.8, 4) is 6.07 Å². The third kappa shape index (κ3) is 5.07. The summed E-state index contributed by atoms with van der Waals surface area (Å²) in [4.78, 5) is 4.52. The number of nitrogens with zero attached hydrogens (tertiary/aromatic N) is 2. The molecule has 160 valence electrons. The lowest BCUT2D eigenvalue weighted by Crippen LogP contribution is -2.06. The molecule has 3 aromatic rings. The van der Waals surface area contributed by atoms with Gasteiger partial charge < -0.3 is 15.2 Å². The first kappa shape index (κ1) is 22.4. The van der Waals surface area contributed by atoms with Gasteiger partial charge in [0, 0.05) is 11.4 Å². The van der Waals surface area contributed by atoms with Gasteiger partial charge in [-0.25, -0.2) is 9.19 Å². The largest absolute Gasteiger partial charge is 0.340 e. The fourth-order valence-electron chi connectivity index (χ4n) is 2.78. The summed E-state index contributed by atoms with van der Waals surface area (Å²) in [6, 6.07) is 13.8.